The summed E-state index contributed by atoms with van der Waals surface area (Å²) >= 11 is 6.24. The third-order valence-corrected chi connectivity index (χ3v) is 4.91. The van der Waals surface area contributed by atoms with Gasteiger partial charge in [-0.2, -0.15) is 0 Å². The van der Waals surface area contributed by atoms with Crippen molar-refractivity contribution < 1.29 is 4.79 Å². The summed E-state index contributed by atoms with van der Waals surface area (Å²) in [6.07, 6.45) is 3.35. The van der Waals surface area contributed by atoms with E-state index in [2.05, 4.69) is 20.2 Å². The predicted octanol–water partition coefficient (Wildman–Crippen LogP) is 2.11. The molecule has 2 saturated heterocycles. The third-order valence-electron chi connectivity index (χ3n) is 4.55. The number of anilines is 1. The van der Waals surface area contributed by atoms with Gasteiger partial charge in [-0.15, -0.1) is 0 Å². The highest BCUT2D eigenvalue weighted by atomic mass is 35.5. The van der Waals surface area contributed by atoms with E-state index in [9.17, 15) is 4.79 Å². The first-order chi connectivity index (χ1) is 10.1. The van der Waals surface area contributed by atoms with Gasteiger partial charge in [0.15, 0.2) is 0 Å². The summed E-state index contributed by atoms with van der Waals surface area (Å²) in [5.74, 6) is 2.45. The van der Waals surface area contributed by atoms with Crippen molar-refractivity contribution >= 4 is 23.3 Å². The Kier molecular flexibility index (Phi) is 4.02. The third kappa shape index (κ3) is 2.84. The number of nitrogens with zero attached hydrogens (tertiary/aromatic N) is 3. The Morgan fingerprint density at radius 3 is 2.95 bits per heavy atom. The Hall–Kier alpha value is -1.36. The number of rotatable bonds is 2. The zero-order chi connectivity index (χ0) is 15.0. The molecule has 6 heteroatoms. The molecule has 5 nitrogen and oxygen atoms in total. The molecule has 0 bridgehead atoms. The summed E-state index contributed by atoms with van der Waals surface area (Å²) in [6, 6.07) is 0.325. The van der Waals surface area contributed by atoms with Crippen molar-refractivity contribution in [3.63, 3.8) is 0 Å². The molecule has 0 aliphatic carbocycles. The number of carbonyl (C=O) groups excluding carboxylic acids is 1. The van der Waals surface area contributed by atoms with E-state index in [0.29, 0.717) is 23.5 Å². The van der Waals surface area contributed by atoms with Crippen molar-refractivity contribution in [1.82, 2.24) is 15.3 Å². The molecule has 114 valence electrons. The summed E-state index contributed by atoms with van der Waals surface area (Å²) in [7, 11) is 0. The fraction of sp³-hybridized carbons (Fsp3) is 0.667. The highest BCUT2D eigenvalue weighted by Crippen LogP contribution is 2.31. The topological polar surface area (TPSA) is 58.1 Å². The molecule has 3 heterocycles. The summed E-state index contributed by atoms with van der Waals surface area (Å²) in [5.41, 5.74) is 0.951. The minimum Gasteiger partial charge on any atom is -0.356 e. The van der Waals surface area contributed by atoms with E-state index in [0.717, 1.165) is 49.6 Å². The summed E-state index contributed by atoms with van der Waals surface area (Å²) in [6.45, 7) is 5.85. The fourth-order valence-corrected chi connectivity index (χ4v) is 3.47. The number of hydrogen-bond donors (Lipinski definition) is 1. The van der Waals surface area contributed by atoms with E-state index >= 15 is 0 Å². The SMILES string of the molecule is CCc1nc(Cl)c(C)c(N2CCC3NC(=O)CCC3C2)n1. The lowest BCUT2D eigenvalue weighted by Crippen LogP contribution is -2.54. The molecule has 2 unspecified atom stereocenters. The van der Waals surface area contributed by atoms with Crippen LogP contribution in [-0.4, -0.2) is 35.0 Å². The monoisotopic (exact) mass is 308 g/mol. The minimum absolute atomic E-state index is 0.194. The van der Waals surface area contributed by atoms with Crippen molar-refractivity contribution in [2.75, 3.05) is 18.0 Å². The molecule has 3 rings (SSSR count). The number of amides is 1. The summed E-state index contributed by atoms with van der Waals surface area (Å²) in [5, 5.41) is 3.67. The fourth-order valence-electron chi connectivity index (χ4n) is 3.29. The standard InChI is InChI=1S/C15H21ClN4O/c1-3-12-18-14(16)9(2)15(19-12)20-7-6-11-10(8-20)4-5-13(21)17-11/h10-11H,3-8H2,1-2H3,(H,17,21). The smallest absolute Gasteiger partial charge is 0.220 e. The van der Waals surface area contributed by atoms with Crippen molar-refractivity contribution in [3.05, 3.63) is 16.5 Å². The van der Waals surface area contributed by atoms with E-state index in [1.165, 1.54) is 0 Å². The molecular weight excluding hydrogens is 288 g/mol. The normalized spacial score (nSPS) is 25.5. The van der Waals surface area contributed by atoms with E-state index in [-0.39, 0.29) is 5.91 Å². The Morgan fingerprint density at radius 1 is 1.38 bits per heavy atom. The lowest BCUT2D eigenvalue weighted by Gasteiger charge is -2.42. The van der Waals surface area contributed by atoms with Crippen molar-refractivity contribution in [2.45, 2.75) is 45.6 Å². The van der Waals surface area contributed by atoms with E-state index in [4.69, 9.17) is 11.6 Å². The van der Waals surface area contributed by atoms with Gasteiger partial charge < -0.3 is 10.2 Å². The lowest BCUT2D eigenvalue weighted by molar-refractivity contribution is -0.124. The first-order valence-corrected chi connectivity index (χ1v) is 8.03. The first-order valence-electron chi connectivity index (χ1n) is 7.65. The van der Waals surface area contributed by atoms with Gasteiger partial charge in [-0.1, -0.05) is 18.5 Å². The van der Waals surface area contributed by atoms with Crippen LogP contribution in [0.15, 0.2) is 0 Å². The summed E-state index contributed by atoms with van der Waals surface area (Å²) in [4.78, 5) is 22.8. The maximum atomic E-state index is 11.5. The lowest BCUT2D eigenvalue weighted by atomic mass is 9.85. The molecule has 1 aromatic rings. The highest BCUT2D eigenvalue weighted by Gasteiger charge is 2.34. The van der Waals surface area contributed by atoms with E-state index in [1.54, 1.807) is 0 Å². The number of carbonyl (C=O) groups is 1. The Morgan fingerprint density at radius 2 is 2.19 bits per heavy atom. The Bertz CT molecular complexity index is 563. The van der Waals surface area contributed by atoms with Gasteiger partial charge >= 0.3 is 0 Å². The zero-order valence-electron chi connectivity index (χ0n) is 12.5. The average molecular weight is 309 g/mol. The number of fused-ring (bicyclic) bond motifs is 1. The molecule has 0 radical (unpaired) electrons. The van der Waals surface area contributed by atoms with Crippen LogP contribution in [0.5, 0.6) is 0 Å². The molecule has 21 heavy (non-hydrogen) atoms. The van der Waals surface area contributed by atoms with Gasteiger partial charge in [0.25, 0.3) is 0 Å². The van der Waals surface area contributed by atoms with Gasteiger partial charge in [0.2, 0.25) is 5.91 Å². The van der Waals surface area contributed by atoms with Crippen LogP contribution in [0.4, 0.5) is 5.82 Å². The van der Waals surface area contributed by atoms with Gasteiger partial charge in [0.1, 0.15) is 16.8 Å². The molecule has 1 N–H and O–H groups in total. The largest absolute Gasteiger partial charge is 0.356 e. The molecule has 2 fully saturated rings. The van der Waals surface area contributed by atoms with E-state index in [1.807, 2.05) is 13.8 Å². The van der Waals surface area contributed by atoms with E-state index < -0.39 is 0 Å². The molecule has 2 atom stereocenters. The second kappa shape index (κ2) is 5.79. The van der Waals surface area contributed by atoms with Crippen LogP contribution in [0.1, 0.15) is 37.6 Å². The number of aryl methyl sites for hydroxylation is 1. The number of hydrogen-bond acceptors (Lipinski definition) is 4. The number of nitrogens with one attached hydrogen (secondary N) is 1. The molecule has 0 saturated carbocycles. The average Bonchev–Trinajstić information content (AvgIpc) is 2.49. The molecule has 2 aliphatic heterocycles. The Labute approximate surface area is 130 Å². The maximum Gasteiger partial charge on any atom is 0.220 e. The second-order valence-corrected chi connectivity index (χ2v) is 6.30. The van der Waals surface area contributed by atoms with Gasteiger partial charge in [0.05, 0.1) is 0 Å². The van der Waals surface area contributed by atoms with Gasteiger partial charge in [-0.25, -0.2) is 9.97 Å². The Balaban J connectivity index is 1.82. The van der Waals surface area contributed by atoms with Gasteiger partial charge in [-0.05, 0) is 25.7 Å². The maximum absolute atomic E-state index is 11.5. The number of piperidine rings is 2. The molecule has 0 aromatic carbocycles. The van der Waals surface area contributed by atoms with Crippen molar-refractivity contribution in [2.24, 2.45) is 5.92 Å². The highest BCUT2D eigenvalue weighted by molar-refractivity contribution is 6.30. The van der Waals surface area contributed by atoms with Crippen LogP contribution in [0, 0.1) is 12.8 Å². The first kappa shape index (κ1) is 14.6. The number of aromatic nitrogens is 2. The van der Waals surface area contributed by atoms with Crippen molar-refractivity contribution in [3.8, 4) is 0 Å². The molecule has 1 aromatic heterocycles. The number of halogens is 1. The van der Waals surface area contributed by atoms with Crippen LogP contribution in [-0.2, 0) is 11.2 Å². The molecule has 2 aliphatic rings. The molecular formula is C15H21ClN4O. The predicted molar refractivity (Wildman–Crippen MR) is 82.6 cm³/mol. The van der Waals surface area contributed by atoms with Gasteiger partial charge in [0, 0.05) is 37.5 Å². The van der Waals surface area contributed by atoms with Crippen LogP contribution in [0.25, 0.3) is 0 Å². The van der Waals surface area contributed by atoms with Crippen LogP contribution in [0.3, 0.4) is 0 Å². The minimum atomic E-state index is 0.194. The second-order valence-electron chi connectivity index (χ2n) is 5.94. The molecule has 1 amide bonds. The zero-order valence-corrected chi connectivity index (χ0v) is 13.3. The quantitative estimate of drug-likeness (QED) is 0.850. The summed E-state index contributed by atoms with van der Waals surface area (Å²) < 4.78 is 0. The van der Waals surface area contributed by atoms with Crippen LogP contribution >= 0.6 is 11.6 Å². The van der Waals surface area contributed by atoms with Crippen LogP contribution < -0.4 is 10.2 Å². The van der Waals surface area contributed by atoms with Gasteiger partial charge in [-0.3, -0.25) is 4.79 Å². The molecule has 0 spiro atoms. The van der Waals surface area contributed by atoms with Crippen molar-refractivity contribution in [1.29, 1.82) is 0 Å². The van der Waals surface area contributed by atoms with Crippen LogP contribution in [0.2, 0.25) is 5.15 Å².